The van der Waals surface area contributed by atoms with Gasteiger partial charge in [0, 0.05) is 25.1 Å². The first-order valence-corrected chi connectivity index (χ1v) is 35.3. The number of rotatable bonds is 49. The predicted octanol–water partition coefficient (Wildman–Crippen LogP) is -4.34. The minimum atomic E-state index is -1.83. The number of aliphatic imine (C=N–C) groups is 1. The molecule has 0 aliphatic carbocycles. The summed E-state index contributed by atoms with van der Waals surface area (Å²) in [6.07, 6.45) is -2.12. The lowest BCUT2D eigenvalue weighted by Crippen LogP contribution is -2.62. The van der Waals surface area contributed by atoms with Gasteiger partial charge in [-0.15, -0.1) is 0 Å². The summed E-state index contributed by atoms with van der Waals surface area (Å²) in [7, 11) is 0. The molecule has 0 aliphatic heterocycles. The first-order chi connectivity index (χ1) is 48.6. The van der Waals surface area contributed by atoms with Gasteiger partial charge < -0.3 is 107 Å². The number of carbonyl (C=O) groups is 15. The molecule has 0 saturated carbocycles. The third kappa shape index (κ3) is 34.4. The Hall–Kier alpha value is -9.23. The van der Waals surface area contributed by atoms with E-state index < -0.39 is 212 Å². The molecule has 1 aromatic carbocycles. The SMILES string of the molecule is CC[C@H](C)[C@H](NC(=O)[C@@H](N)C(C)C)C(=O)N[C@@H](CCC(=O)O)C(=O)N[C@@H](CC(C)C)C(=O)N[C@@H](CS)C(=O)N[C@H](C(=O)N[C@@H](CO)C(=O)N[C@@H](CC(C)C)C(=O)N[C@@H](CCCN=C(N)N)C(=O)N[C@@H](CO)C(=O)N[C@@H](CC(C)C)C(=O)N[C@@H](CC(N)=O)C(=O)N[C@@H](Cc1ccccc1)C(=O)O)C(C)C. The molecule has 0 heterocycles. The van der Waals surface area contributed by atoms with Gasteiger partial charge in [-0.25, -0.2) is 4.79 Å². The summed E-state index contributed by atoms with van der Waals surface area (Å²) < 4.78 is 0. The topological polar surface area (TPSA) is 598 Å². The molecule has 0 saturated heterocycles. The van der Waals surface area contributed by atoms with E-state index in [1.165, 1.54) is 13.8 Å². The number of thiol groups is 1. The average Bonchev–Trinajstić information content (AvgIpc) is 0.861. The maximum Gasteiger partial charge on any atom is 0.326 e. The zero-order valence-electron chi connectivity index (χ0n) is 61.4. The second kappa shape index (κ2) is 47.2. The highest BCUT2D eigenvalue weighted by atomic mass is 32.1. The number of aliphatic hydroxyl groups is 2. The van der Waals surface area contributed by atoms with Crippen molar-refractivity contribution in [2.45, 2.75) is 226 Å². The number of aliphatic carboxylic acids is 2. The Morgan fingerprint density at radius 1 is 0.442 bits per heavy atom. The summed E-state index contributed by atoms with van der Waals surface area (Å²) in [6, 6.07) is -11.3. The molecule has 0 spiro atoms. The van der Waals surface area contributed by atoms with Crippen molar-refractivity contribution in [3.63, 3.8) is 0 Å². The van der Waals surface area contributed by atoms with Crippen molar-refractivity contribution in [2.24, 2.45) is 63.4 Å². The number of amides is 13. The molecule has 36 nitrogen and oxygen atoms in total. The van der Waals surface area contributed by atoms with Gasteiger partial charge >= 0.3 is 11.9 Å². The summed E-state index contributed by atoms with van der Waals surface area (Å²) in [4.78, 5) is 207. The van der Waals surface area contributed by atoms with Crippen LogP contribution in [0.4, 0.5) is 0 Å². The number of carboxylic acid groups (broad SMARTS) is 2. The molecule has 0 aliphatic rings. The van der Waals surface area contributed by atoms with Crippen LogP contribution in [0.1, 0.15) is 146 Å². The molecular weight excluding hydrogens is 1380 g/mol. The lowest BCUT2D eigenvalue weighted by molar-refractivity contribution is -0.142. The molecule has 1 rings (SSSR count). The van der Waals surface area contributed by atoms with Crippen LogP contribution in [-0.4, -0.2) is 219 Å². The molecule has 586 valence electrons. The normalized spacial score (nSPS) is 15.4. The van der Waals surface area contributed by atoms with E-state index in [9.17, 15) is 92.3 Å². The highest BCUT2D eigenvalue weighted by Crippen LogP contribution is 2.16. The van der Waals surface area contributed by atoms with Gasteiger partial charge in [-0.1, -0.05) is 120 Å². The van der Waals surface area contributed by atoms with E-state index in [1.54, 1.807) is 99.6 Å². The van der Waals surface area contributed by atoms with Crippen molar-refractivity contribution in [3.8, 4) is 0 Å². The Morgan fingerprint density at radius 2 is 0.808 bits per heavy atom. The minimum Gasteiger partial charge on any atom is -0.481 e. The van der Waals surface area contributed by atoms with E-state index in [-0.39, 0.29) is 80.5 Å². The summed E-state index contributed by atoms with van der Waals surface area (Å²) in [6.45, 7) is 17.8. The lowest BCUT2D eigenvalue weighted by Gasteiger charge is -2.29. The zero-order chi connectivity index (χ0) is 79.4. The number of guanidine groups is 1. The average molecular weight is 1490 g/mol. The third-order valence-electron chi connectivity index (χ3n) is 16.3. The van der Waals surface area contributed by atoms with E-state index in [2.05, 4.69) is 81.4 Å². The third-order valence-corrected chi connectivity index (χ3v) is 16.7. The molecule has 1 aromatic rings. The Labute approximate surface area is 611 Å². The smallest absolute Gasteiger partial charge is 0.326 e. The van der Waals surface area contributed by atoms with Crippen molar-refractivity contribution >= 4 is 107 Å². The van der Waals surface area contributed by atoms with Crippen LogP contribution in [0, 0.1) is 35.5 Å². The molecule has 13 amide bonds. The van der Waals surface area contributed by atoms with Crippen LogP contribution < -0.4 is 86.7 Å². The fraction of sp³-hybridized carbons (Fsp3) is 0.672. The summed E-state index contributed by atoms with van der Waals surface area (Å²) >= 11 is 4.26. The number of nitrogens with one attached hydrogen (secondary N) is 12. The number of carbonyl (C=O) groups excluding carboxylic acids is 13. The first kappa shape index (κ1) is 92.8. The molecule has 104 heavy (non-hydrogen) atoms. The van der Waals surface area contributed by atoms with Crippen molar-refractivity contribution in [3.05, 3.63) is 35.9 Å². The summed E-state index contributed by atoms with van der Waals surface area (Å²) in [5, 5.41) is 70.1. The van der Waals surface area contributed by atoms with Gasteiger partial charge in [0.25, 0.3) is 0 Å². The van der Waals surface area contributed by atoms with E-state index in [0.717, 1.165) is 0 Å². The predicted molar refractivity (Wildman–Crippen MR) is 385 cm³/mol. The van der Waals surface area contributed by atoms with Crippen molar-refractivity contribution in [2.75, 3.05) is 25.5 Å². The van der Waals surface area contributed by atoms with E-state index >= 15 is 0 Å². The van der Waals surface area contributed by atoms with Crippen LogP contribution >= 0.6 is 12.6 Å². The maximum absolute atomic E-state index is 14.3. The Bertz CT molecular complexity index is 3080. The Morgan fingerprint density at radius 3 is 1.21 bits per heavy atom. The Balaban J connectivity index is 3.48. The number of hydrogen-bond acceptors (Lipinski definition) is 20. The number of benzene rings is 1. The van der Waals surface area contributed by atoms with Gasteiger partial charge in [-0.2, -0.15) is 12.6 Å². The van der Waals surface area contributed by atoms with Crippen LogP contribution in [-0.2, 0) is 78.3 Å². The van der Waals surface area contributed by atoms with Crippen molar-refractivity contribution in [1.29, 1.82) is 0 Å². The zero-order valence-corrected chi connectivity index (χ0v) is 62.3. The van der Waals surface area contributed by atoms with Gasteiger partial charge in [-0.3, -0.25) is 72.1 Å². The molecule has 24 N–H and O–H groups in total. The second-order valence-corrected chi connectivity index (χ2v) is 27.9. The van der Waals surface area contributed by atoms with Crippen molar-refractivity contribution in [1.82, 2.24) is 63.8 Å². The molecule has 0 bridgehead atoms. The monoisotopic (exact) mass is 1490 g/mol. The fourth-order valence-corrected chi connectivity index (χ4v) is 10.5. The number of hydrogen-bond donors (Lipinski definition) is 21. The van der Waals surface area contributed by atoms with Gasteiger partial charge in [0.2, 0.25) is 76.8 Å². The van der Waals surface area contributed by atoms with Crippen molar-refractivity contribution < 1.29 is 92.3 Å². The number of aliphatic hydroxyl groups excluding tert-OH is 2. The quantitative estimate of drug-likeness (QED) is 0.0127. The molecular formula is C67H113N17O19S. The Kier molecular flexibility index (Phi) is 42.1. The largest absolute Gasteiger partial charge is 0.481 e. The van der Waals surface area contributed by atoms with E-state index in [0.29, 0.717) is 12.0 Å². The number of primary amides is 1. The number of nitrogens with zero attached hydrogens (tertiary/aromatic N) is 1. The molecule has 37 heteroatoms. The molecule has 14 atom stereocenters. The fourth-order valence-electron chi connectivity index (χ4n) is 10.2. The van der Waals surface area contributed by atoms with E-state index in [4.69, 9.17) is 22.9 Å². The number of carboxylic acids is 2. The second-order valence-electron chi connectivity index (χ2n) is 27.5. The van der Waals surface area contributed by atoms with Gasteiger partial charge in [0.15, 0.2) is 5.96 Å². The van der Waals surface area contributed by atoms with Gasteiger partial charge in [-0.05, 0) is 79.6 Å². The standard InChI is InChI=1S/C67H113N17O19S/c1-13-37(12)53(84-63(99)51(69)35(8)9)65(101)74-40(21-22-50(88)89)55(91)75-43(26-34(6)7)58(94)82-48(31-104)62(98)83-52(36(10)11)64(100)81-47(30-86)61(97)76-41(24-32(2)3)56(92)73-39(20-17-23-72-67(70)71)54(90)80-46(29-85)60(96)77-42(25-33(4)5)57(93)78-44(28-49(68)87)59(95)79-45(66(102)103)27-38-18-15-14-16-19-38/h14-16,18-19,32-37,39-48,51-53,85-86,104H,13,17,20-31,69H2,1-12H3,(H2,68,87)(H,73,92)(H,74,101)(H,75,91)(H,76,97)(H,77,96)(H,78,93)(H,79,95)(H,80,90)(H,81,100)(H,82,94)(H,83,98)(H,84,99)(H,88,89)(H,102,103)(H4,70,71,72)/t37-,39-,40-,41-,42-,43-,44-,45-,46-,47-,48-,51-,52-,53-/m0/s1. The maximum atomic E-state index is 14.3. The highest BCUT2D eigenvalue weighted by molar-refractivity contribution is 7.80. The van der Waals surface area contributed by atoms with E-state index in [1.807, 2.05) is 0 Å². The number of nitrogens with two attached hydrogens (primary N) is 4. The van der Waals surface area contributed by atoms with Crippen LogP contribution in [0.25, 0.3) is 0 Å². The summed E-state index contributed by atoms with van der Waals surface area (Å²) in [5.74, 6) is -18.8. The molecule has 0 fully saturated rings. The first-order valence-electron chi connectivity index (χ1n) is 34.7. The minimum absolute atomic E-state index is 0.00733. The highest BCUT2D eigenvalue weighted by Gasteiger charge is 2.39. The van der Waals surface area contributed by atoms with Crippen LogP contribution in [0.15, 0.2) is 35.3 Å². The van der Waals surface area contributed by atoms with Crippen LogP contribution in [0.5, 0.6) is 0 Å². The van der Waals surface area contributed by atoms with Gasteiger partial charge in [0.05, 0.1) is 25.7 Å². The van der Waals surface area contributed by atoms with Crippen LogP contribution in [0.3, 0.4) is 0 Å². The summed E-state index contributed by atoms with van der Waals surface area (Å²) in [5.41, 5.74) is 23.0. The van der Waals surface area contributed by atoms with Crippen LogP contribution in [0.2, 0.25) is 0 Å². The molecule has 0 aromatic heterocycles. The molecule has 0 unspecified atom stereocenters. The van der Waals surface area contributed by atoms with Gasteiger partial charge in [0.1, 0.15) is 72.5 Å². The lowest BCUT2D eigenvalue weighted by atomic mass is 9.96. The molecule has 0 radical (unpaired) electrons.